The van der Waals surface area contributed by atoms with Gasteiger partial charge in [-0.1, -0.05) is 29.8 Å². The normalized spacial score (nSPS) is 6.08. The quantitative estimate of drug-likeness (QED) is 0.435. The van der Waals surface area contributed by atoms with Crippen LogP contribution in [0.3, 0.4) is 0 Å². The summed E-state index contributed by atoms with van der Waals surface area (Å²) in [5, 5.41) is 0. The summed E-state index contributed by atoms with van der Waals surface area (Å²) in [6.07, 6.45) is 0. The first kappa shape index (κ1) is 23.4. The molecule has 58 valence electrons. The van der Waals surface area contributed by atoms with Gasteiger partial charge in [0.2, 0.25) is 0 Å². The van der Waals surface area contributed by atoms with Crippen LogP contribution in [0.5, 0.6) is 0 Å². The van der Waals surface area contributed by atoms with E-state index in [1.54, 1.807) is 6.07 Å². The summed E-state index contributed by atoms with van der Waals surface area (Å²) in [6.45, 7) is 1.93. The van der Waals surface area contributed by atoms with Crippen molar-refractivity contribution in [3.8, 4) is 0 Å². The van der Waals surface area contributed by atoms with Crippen molar-refractivity contribution in [3.05, 3.63) is 35.6 Å². The second kappa shape index (κ2) is 12.5. The van der Waals surface area contributed by atoms with Crippen molar-refractivity contribution in [3.63, 3.8) is 0 Å². The molecule has 0 aliphatic heterocycles. The van der Waals surface area contributed by atoms with Gasteiger partial charge in [0, 0.05) is 0 Å². The molecule has 0 amide bonds. The van der Waals surface area contributed by atoms with Gasteiger partial charge in [0.1, 0.15) is 0 Å². The number of hydrogen-bond donors (Lipinski definition) is 0. The molecule has 12 heavy (non-hydrogen) atoms. The van der Waals surface area contributed by atoms with Gasteiger partial charge in [-0.3, -0.25) is 0 Å². The third-order valence-corrected chi connectivity index (χ3v) is 1.15. The molecule has 0 aliphatic rings. The average Bonchev–Trinajstić information content (AvgIpc) is 1.77. The van der Waals surface area contributed by atoms with E-state index < -0.39 is 0 Å². The maximum absolute atomic E-state index is 7.22. The predicted molar refractivity (Wildman–Crippen MR) is 46.7 cm³/mol. The second-order valence-corrected chi connectivity index (χ2v) is 1.81. The first-order valence-electron chi connectivity index (χ1n) is 2.58. The van der Waals surface area contributed by atoms with Gasteiger partial charge in [-0.2, -0.15) is 0 Å². The van der Waals surface area contributed by atoms with E-state index in [0.717, 1.165) is 5.56 Å². The van der Waals surface area contributed by atoms with E-state index in [2.05, 4.69) is 0 Å². The molecule has 1 nitrogen and oxygen atoms in total. The summed E-state index contributed by atoms with van der Waals surface area (Å²) in [4.78, 5) is 0. The van der Waals surface area contributed by atoms with Crippen LogP contribution in [0.25, 0.3) is 5.73 Å². The van der Waals surface area contributed by atoms with E-state index in [4.69, 9.17) is 5.73 Å². The SMILES string of the molecule is Cc1ccccc1[NH-].[Br-].[Br-].[Mg+2].[Mg+2]. The summed E-state index contributed by atoms with van der Waals surface area (Å²) in [5.74, 6) is 0. The molecule has 0 spiro atoms. The summed E-state index contributed by atoms with van der Waals surface area (Å²) >= 11 is 0. The summed E-state index contributed by atoms with van der Waals surface area (Å²) in [6, 6.07) is 7.53. The van der Waals surface area contributed by atoms with E-state index in [-0.39, 0.29) is 80.1 Å². The van der Waals surface area contributed by atoms with Crippen LogP contribution >= 0.6 is 0 Å². The fourth-order valence-corrected chi connectivity index (χ4v) is 0.573. The first-order valence-corrected chi connectivity index (χ1v) is 2.58. The van der Waals surface area contributed by atoms with Gasteiger partial charge in [-0.25, -0.2) is 0 Å². The smallest absolute Gasteiger partial charge is 1.00 e. The number of aryl methyl sites for hydroxylation is 1. The molecule has 0 unspecified atom stereocenters. The van der Waals surface area contributed by atoms with Crippen LogP contribution < -0.4 is 34.0 Å². The standard InChI is InChI=1S/C7H8N.2BrH.2Mg/c1-6-4-2-3-5-7(6)8;;;;/h2-5,8H,1H3;2*1H;;/q-1;;;2*+2/p-2. The Labute approximate surface area is 127 Å². The summed E-state index contributed by atoms with van der Waals surface area (Å²) in [7, 11) is 0. The van der Waals surface area contributed by atoms with Gasteiger partial charge in [0.15, 0.2) is 0 Å². The fraction of sp³-hybridized carbons (Fsp3) is 0.143. The number of benzene rings is 1. The average molecular weight is 315 g/mol. The van der Waals surface area contributed by atoms with Crippen molar-refractivity contribution >= 4 is 51.8 Å². The fourth-order valence-electron chi connectivity index (χ4n) is 0.573. The molecule has 0 aromatic heterocycles. The predicted octanol–water partition coefficient (Wildman–Crippen LogP) is -4.07. The molecule has 0 bridgehead atoms. The molecule has 0 heterocycles. The minimum Gasteiger partial charge on any atom is -1.00 e. The molecular formula is C7H8Br2Mg2N+. The van der Waals surface area contributed by atoms with Crippen LogP contribution in [0, 0.1) is 6.92 Å². The van der Waals surface area contributed by atoms with E-state index >= 15 is 0 Å². The van der Waals surface area contributed by atoms with E-state index in [1.165, 1.54) is 0 Å². The zero-order valence-electron chi connectivity index (χ0n) is 6.98. The molecule has 5 heteroatoms. The molecule has 0 aliphatic carbocycles. The van der Waals surface area contributed by atoms with Crippen molar-refractivity contribution in [2.75, 3.05) is 0 Å². The topological polar surface area (TPSA) is 23.8 Å². The molecule has 0 saturated heterocycles. The van der Waals surface area contributed by atoms with Gasteiger partial charge in [0.05, 0.1) is 0 Å². The molecule has 1 aromatic rings. The van der Waals surface area contributed by atoms with Crippen LogP contribution in [0.15, 0.2) is 24.3 Å². The Hall–Kier alpha value is 1.51. The van der Waals surface area contributed by atoms with Crippen LogP contribution in [0.4, 0.5) is 5.69 Å². The zero-order chi connectivity index (χ0) is 5.98. The molecule has 0 radical (unpaired) electrons. The van der Waals surface area contributed by atoms with E-state index in [9.17, 15) is 0 Å². The molecular weight excluding hydrogens is 307 g/mol. The minimum atomic E-state index is 0. The number of nitrogens with one attached hydrogen (secondary N) is 1. The first-order chi connectivity index (χ1) is 3.80. The largest absolute Gasteiger partial charge is 2.00 e. The summed E-state index contributed by atoms with van der Waals surface area (Å²) < 4.78 is 0. The minimum absolute atomic E-state index is 0. The number of halogens is 2. The van der Waals surface area contributed by atoms with Gasteiger partial charge in [-0.05, 0) is 6.92 Å². The van der Waals surface area contributed by atoms with Gasteiger partial charge in [0.25, 0.3) is 0 Å². The van der Waals surface area contributed by atoms with Crippen LogP contribution in [0.2, 0.25) is 0 Å². The number of hydrogen-bond acceptors (Lipinski definition) is 0. The maximum atomic E-state index is 7.22. The van der Waals surface area contributed by atoms with Crippen LogP contribution in [-0.4, -0.2) is 46.1 Å². The Kier molecular flexibility index (Phi) is 24.4. The van der Waals surface area contributed by atoms with E-state index in [0.29, 0.717) is 5.69 Å². The Morgan fingerprint density at radius 1 is 1.00 bits per heavy atom. The Balaban J connectivity index is -0.0000000800. The van der Waals surface area contributed by atoms with Crippen LogP contribution in [-0.2, 0) is 0 Å². The van der Waals surface area contributed by atoms with Crippen molar-refractivity contribution in [2.24, 2.45) is 0 Å². The van der Waals surface area contributed by atoms with Gasteiger partial charge < -0.3 is 39.7 Å². The Morgan fingerprint density at radius 2 is 1.42 bits per heavy atom. The van der Waals surface area contributed by atoms with Gasteiger partial charge >= 0.3 is 46.1 Å². The Bertz CT molecular complexity index is 176. The summed E-state index contributed by atoms with van der Waals surface area (Å²) in [5.41, 5.74) is 8.87. The maximum Gasteiger partial charge on any atom is 2.00 e. The Morgan fingerprint density at radius 3 is 1.67 bits per heavy atom. The monoisotopic (exact) mass is 312 g/mol. The number of rotatable bonds is 0. The molecule has 1 aromatic carbocycles. The third-order valence-electron chi connectivity index (χ3n) is 1.15. The van der Waals surface area contributed by atoms with E-state index in [1.807, 2.05) is 25.1 Å². The molecule has 0 atom stereocenters. The zero-order valence-corrected chi connectivity index (χ0v) is 13.0. The third kappa shape index (κ3) is 8.13. The molecule has 1 rings (SSSR count). The molecule has 0 fully saturated rings. The second-order valence-electron chi connectivity index (χ2n) is 1.81. The van der Waals surface area contributed by atoms with Crippen molar-refractivity contribution < 1.29 is 34.0 Å². The van der Waals surface area contributed by atoms with Crippen molar-refractivity contribution in [2.45, 2.75) is 6.92 Å². The van der Waals surface area contributed by atoms with Crippen LogP contribution in [0.1, 0.15) is 5.56 Å². The van der Waals surface area contributed by atoms with Crippen molar-refractivity contribution in [1.29, 1.82) is 0 Å². The van der Waals surface area contributed by atoms with Crippen molar-refractivity contribution in [1.82, 2.24) is 0 Å². The molecule has 0 saturated carbocycles. The van der Waals surface area contributed by atoms with Gasteiger partial charge in [-0.15, -0.1) is 5.69 Å². The molecule has 1 N–H and O–H groups in total.